The topological polar surface area (TPSA) is 85.2 Å². The quantitative estimate of drug-likeness (QED) is 0.682. The number of ether oxygens (including phenoxy) is 1. The van der Waals surface area contributed by atoms with E-state index in [1.165, 1.54) is 7.11 Å². The van der Waals surface area contributed by atoms with Crippen LogP contribution < -0.4 is 10.6 Å². The van der Waals surface area contributed by atoms with Crippen molar-refractivity contribution < 1.29 is 14.3 Å². The van der Waals surface area contributed by atoms with E-state index in [2.05, 4.69) is 31.7 Å². The normalized spacial score (nSPS) is 16.4. The summed E-state index contributed by atoms with van der Waals surface area (Å²) in [5.74, 6) is -0.582. The molecule has 0 fully saturated rings. The molecule has 7 nitrogen and oxygen atoms in total. The molecule has 8 heteroatoms. The van der Waals surface area contributed by atoms with Gasteiger partial charge in [0.05, 0.1) is 18.8 Å². The lowest BCUT2D eigenvalue weighted by Crippen LogP contribution is -2.50. The summed E-state index contributed by atoms with van der Waals surface area (Å²) >= 11 is 3.47. The maximum Gasteiger partial charge on any atom is 0.325 e. The molecule has 1 atom stereocenters. The molecule has 0 unspecified atom stereocenters. The largest absolute Gasteiger partial charge is 0.468 e. The predicted octanol–water partition coefficient (Wildman–Crippen LogP) is 3.58. The fraction of sp³-hybridized carbons (Fsp3) is 0.450. The van der Waals surface area contributed by atoms with E-state index in [1.807, 2.05) is 29.8 Å². The zero-order chi connectivity index (χ0) is 20.5. The van der Waals surface area contributed by atoms with Crippen LogP contribution in [0.3, 0.4) is 0 Å². The molecule has 1 aromatic heterocycles. The Kier molecular flexibility index (Phi) is 5.90. The van der Waals surface area contributed by atoms with Crippen molar-refractivity contribution in [2.24, 2.45) is 0 Å². The second-order valence-corrected chi connectivity index (χ2v) is 8.35. The maximum absolute atomic E-state index is 12.7. The Morgan fingerprint density at radius 1 is 1.36 bits per heavy atom. The summed E-state index contributed by atoms with van der Waals surface area (Å²) in [6.45, 7) is 6.26. The minimum absolute atomic E-state index is 0.0792. The Hall–Kier alpha value is -2.19. The molecular weight excluding hydrogens is 424 g/mol. The number of esters is 1. The fourth-order valence-electron chi connectivity index (χ4n) is 3.42. The summed E-state index contributed by atoms with van der Waals surface area (Å²) in [7, 11) is 1.38. The number of aromatic nitrogens is 2. The highest BCUT2D eigenvalue weighted by atomic mass is 79.9. The SMILES string of the molecule is COC(=O)C(C)(C)N[C@@H]1CCCn2nc(C(=O)Nc3cccc(Br)c3C)cc21. The first-order chi connectivity index (χ1) is 13.2. The minimum Gasteiger partial charge on any atom is -0.468 e. The van der Waals surface area contributed by atoms with Crippen molar-refractivity contribution in [3.63, 3.8) is 0 Å². The van der Waals surface area contributed by atoms with Crippen molar-refractivity contribution in [2.75, 3.05) is 12.4 Å². The van der Waals surface area contributed by atoms with Gasteiger partial charge in [0.15, 0.2) is 5.69 Å². The van der Waals surface area contributed by atoms with E-state index >= 15 is 0 Å². The lowest BCUT2D eigenvalue weighted by atomic mass is 9.98. The molecule has 2 N–H and O–H groups in total. The van der Waals surface area contributed by atoms with Crippen molar-refractivity contribution in [1.29, 1.82) is 0 Å². The second-order valence-electron chi connectivity index (χ2n) is 7.50. The van der Waals surface area contributed by atoms with Crippen LogP contribution in [-0.4, -0.2) is 34.3 Å². The van der Waals surface area contributed by atoms with Gasteiger partial charge in [0.1, 0.15) is 5.54 Å². The first-order valence-electron chi connectivity index (χ1n) is 9.23. The monoisotopic (exact) mass is 448 g/mol. The highest BCUT2D eigenvalue weighted by Crippen LogP contribution is 2.29. The van der Waals surface area contributed by atoms with E-state index in [1.54, 1.807) is 19.9 Å². The number of anilines is 1. The highest BCUT2D eigenvalue weighted by Gasteiger charge is 2.34. The van der Waals surface area contributed by atoms with Gasteiger partial charge in [0.25, 0.3) is 5.91 Å². The van der Waals surface area contributed by atoms with E-state index in [0.29, 0.717) is 5.69 Å². The van der Waals surface area contributed by atoms with Crippen LogP contribution in [0.2, 0.25) is 0 Å². The third-order valence-corrected chi connectivity index (χ3v) is 5.87. The van der Waals surface area contributed by atoms with Crippen molar-refractivity contribution >= 4 is 33.5 Å². The highest BCUT2D eigenvalue weighted by molar-refractivity contribution is 9.10. The number of carbonyl (C=O) groups excluding carboxylic acids is 2. The molecule has 1 amide bonds. The van der Waals surface area contributed by atoms with Crippen molar-refractivity contribution in [3.05, 3.63) is 45.7 Å². The number of methoxy groups -OCH3 is 1. The number of fused-ring (bicyclic) bond motifs is 1. The molecule has 2 aromatic rings. The molecule has 28 heavy (non-hydrogen) atoms. The van der Waals surface area contributed by atoms with Gasteiger partial charge >= 0.3 is 5.97 Å². The first kappa shape index (κ1) is 20.5. The molecule has 0 spiro atoms. The van der Waals surface area contributed by atoms with Gasteiger partial charge in [-0.05, 0) is 57.4 Å². The molecule has 1 aliphatic rings. The second kappa shape index (κ2) is 8.05. The Balaban J connectivity index is 1.81. The number of rotatable bonds is 5. The minimum atomic E-state index is -0.832. The summed E-state index contributed by atoms with van der Waals surface area (Å²) < 4.78 is 7.66. The maximum atomic E-state index is 12.7. The summed E-state index contributed by atoms with van der Waals surface area (Å²) in [4.78, 5) is 24.8. The van der Waals surface area contributed by atoms with Crippen LogP contribution >= 0.6 is 15.9 Å². The van der Waals surface area contributed by atoms with Crippen LogP contribution in [0.15, 0.2) is 28.7 Å². The van der Waals surface area contributed by atoms with E-state index < -0.39 is 5.54 Å². The van der Waals surface area contributed by atoms with Gasteiger partial charge in [0, 0.05) is 16.7 Å². The van der Waals surface area contributed by atoms with Gasteiger partial charge in [0.2, 0.25) is 0 Å². The van der Waals surface area contributed by atoms with Crippen molar-refractivity contribution in [2.45, 2.75) is 51.7 Å². The number of nitrogens with zero attached hydrogens (tertiary/aromatic N) is 2. The van der Waals surface area contributed by atoms with E-state index in [0.717, 1.165) is 40.8 Å². The molecule has 0 saturated carbocycles. The molecule has 0 aliphatic carbocycles. The molecule has 1 aliphatic heterocycles. The Morgan fingerprint density at radius 3 is 2.82 bits per heavy atom. The summed E-state index contributed by atoms with van der Waals surface area (Å²) in [5, 5.41) is 10.8. The third kappa shape index (κ3) is 4.12. The van der Waals surface area contributed by atoms with Gasteiger partial charge < -0.3 is 10.1 Å². The number of aryl methyl sites for hydroxylation is 1. The van der Waals surface area contributed by atoms with Crippen LogP contribution in [0, 0.1) is 6.92 Å². The zero-order valence-electron chi connectivity index (χ0n) is 16.5. The Bertz CT molecular complexity index is 907. The number of hydrogen-bond donors (Lipinski definition) is 2. The van der Waals surface area contributed by atoms with Crippen LogP contribution in [-0.2, 0) is 16.1 Å². The van der Waals surface area contributed by atoms with Gasteiger partial charge in [-0.15, -0.1) is 0 Å². The number of amides is 1. The van der Waals surface area contributed by atoms with Crippen molar-refractivity contribution in [3.8, 4) is 0 Å². The average Bonchev–Trinajstić information content (AvgIpc) is 3.10. The molecule has 0 bridgehead atoms. The first-order valence-corrected chi connectivity index (χ1v) is 10.0. The molecule has 2 heterocycles. The molecule has 0 radical (unpaired) electrons. The Labute approximate surface area is 173 Å². The molecule has 3 rings (SSSR count). The van der Waals surface area contributed by atoms with Gasteiger partial charge in [-0.1, -0.05) is 22.0 Å². The number of halogens is 1. The van der Waals surface area contributed by atoms with Crippen LogP contribution in [0.5, 0.6) is 0 Å². The fourth-order valence-corrected chi connectivity index (χ4v) is 3.79. The van der Waals surface area contributed by atoms with Crippen LogP contribution in [0.4, 0.5) is 5.69 Å². The van der Waals surface area contributed by atoms with Gasteiger partial charge in [-0.25, -0.2) is 0 Å². The summed E-state index contributed by atoms with van der Waals surface area (Å²) in [6.07, 6.45) is 1.77. The molecule has 1 aromatic carbocycles. The number of hydrogen-bond acceptors (Lipinski definition) is 5. The summed E-state index contributed by atoms with van der Waals surface area (Å²) in [6, 6.07) is 7.38. The van der Waals surface area contributed by atoms with Gasteiger partial charge in [-0.2, -0.15) is 5.10 Å². The van der Waals surface area contributed by atoms with Crippen LogP contribution in [0.1, 0.15) is 54.5 Å². The smallest absolute Gasteiger partial charge is 0.325 e. The van der Waals surface area contributed by atoms with Crippen molar-refractivity contribution in [1.82, 2.24) is 15.1 Å². The number of benzene rings is 1. The van der Waals surface area contributed by atoms with Gasteiger partial charge in [-0.3, -0.25) is 19.6 Å². The lowest BCUT2D eigenvalue weighted by molar-refractivity contribution is -0.147. The van der Waals surface area contributed by atoms with E-state index in [4.69, 9.17) is 4.74 Å². The average molecular weight is 449 g/mol. The lowest BCUT2D eigenvalue weighted by Gasteiger charge is -2.32. The molecule has 0 saturated heterocycles. The Morgan fingerprint density at radius 2 is 2.11 bits per heavy atom. The van der Waals surface area contributed by atoms with Crippen LogP contribution in [0.25, 0.3) is 0 Å². The molecule has 150 valence electrons. The number of nitrogens with one attached hydrogen (secondary N) is 2. The van der Waals surface area contributed by atoms with E-state index in [-0.39, 0.29) is 17.9 Å². The molecular formula is C20H25BrN4O3. The third-order valence-electron chi connectivity index (χ3n) is 5.01. The zero-order valence-corrected chi connectivity index (χ0v) is 18.1. The standard InChI is InChI=1S/C20H25BrN4O3/c1-12-13(21)7-5-8-14(12)22-18(26)16-11-17-15(9-6-10-25(17)24-16)23-20(2,3)19(27)28-4/h5,7-8,11,15,23H,6,9-10H2,1-4H3,(H,22,26)/t15-/m1/s1. The van der Waals surface area contributed by atoms with E-state index in [9.17, 15) is 9.59 Å². The number of carbonyl (C=O) groups is 2. The summed E-state index contributed by atoms with van der Waals surface area (Å²) in [5.41, 5.74) is 2.13. The predicted molar refractivity (Wildman–Crippen MR) is 110 cm³/mol.